The molecule has 1 nitrogen and oxygen atoms in total. The topological polar surface area (TPSA) is 26.0 Å². The first-order valence-electron chi connectivity index (χ1n) is 15.1. The highest BCUT2D eigenvalue weighted by Gasteiger charge is 2.61. The van der Waals surface area contributed by atoms with Gasteiger partial charge >= 0.3 is 0 Å². The van der Waals surface area contributed by atoms with Crippen LogP contribution in [0.25, 0.3) is 0 Å². The molecule has 5 saturated carbocycles. The number of rotatable bonds is 2. The second-order valence-corrected chi connectivity index (χ2v) is 12.6. The molecule has 0 heterocycles. The fourth-order valence-electron chi connectivity index (χ4n) is 8.17. The summed E-state index contributed by atoms with van der Waals surface area (Å²) in [6.45, 7) is 28.1. The number of thiol groups is 1. The van der Waals surface area contributed by atoms with Crippen LogP contribution in [0.3, 0.4) is 0 Å². The second kappa shape index (κ2) is 14.7. The van der Waals surface area contributed by atoms with Crippen LogP contribution in [-0.4, -0.2) is 10.3 Å². The van der Waals surface area contributed by atoms with E-state index in [1.54, 1.807) is 0 Å². The van der Waals surface area contributed by atoms with Crippen molar-refractivity contribution in [2.45, 2.75) is 157 Å². The zero-order chi connectivity index (χ0) is 26.8. The van der Waals surface area contributed by atoms with Gasteiger partial charge in [0.15, 0.2) is 0 Å². The molecule has 204 valence electrons. The van der Waals surface area contributed by atoms with Crippen molar-refractivity contribution in [3.8, 4) is 0 Å². The molecule has 0 amide bonds. The predicted octanol–water partition coefficient (Wildman–Crippen LogP) is 10.5. The van der Waals surface area contributed by atoms with E-state index < -0.39 is 0 Å². The van der Waals surface area contributed by atoms with Crippen molar-refractivity contribution in [2.75, 3.05) is 0 Å². The third-order valence-electron chi connectivity index (χ3n) is 10.1. The van der Waals surface area contributed by atoms with Crippen LogP contribution < -0.4 is 5.73 Å². The summed E-state index contributed by atoms with van der Waals surface area (Å²) in [6, 6.07) is 0. The Morgan fingerprint density at radius 3 is 1.82 bits per heavy atom. The third-order valence-corrected chi connectivity index (χ3v) is 11.2. The van der Waals surface area contributed by atoms with E-state index in [1.165, 1.54) is 77.0 Å². The average Bonchev–Trinajstić information content (AvgIpc) is 3.17. The highest BCUT2D eigenvalue weighted by molar-refractivity contribution is 7.81. The molecule has 0 aromatic rings. The molecular formula is C32H65NS. The van der Waals surface area contributed by atoms with Gasteiger partial charge in [-0.1, -0.05) is 82.1 Å². The van der Waals surface area contributed by atoms with Crippen molar-refractivity contribution in [1.29, 1.82) is 0 Å². The van der Waals surface area contributed by atoms with Crippen LogP contribution in [-0.2, 0) is 0 Å². The van der Waals surface area contributed by atoms with Crippen LogP contribution in [0.2, 0.25) is 0 Å². The summed E-state index contributed by atoms with van der Waals surface area (Å²) in [5.41, 5.74) is 7.73. The number of hydrogen-bond acceptors (Lipinski definition) is 2. The predicted molar refractivity (Wildman–Crippen MR) is 161 cm³/mol. The van der Waals surface area contributed by atoms with Crippen LogP contribution in [0.1, 0.15) is 146 Å². The fraction of sp³-hybridized carbons (Fsp3) is 0.938. The average molecular weight is 496 g/mol. The van der Waals surface area contributed by atoms with Gasteiger partial charge in [0.25, 0.3) is 0 Å². The molecule has 2 N–H and O–H groups in total. The van der Waals surface area contributed by atoms with E-state index in [4.69, 9.17) is 18.4 Å². The second-order valence-electron chi connectivity index (χ2n) is 11.8. The molecule has 0 aliphatic heterocycles. The minimum Gasteiger partial charge on any atom is -0.325 e. The molecule has 2 heteroatoms. The molecular weight excluding hydrogens is 430 g/mol. The third kappa shape index (κ3) is 6.67. The molecule has 5 rings (SSSR count). The molecule has 0 spiro atoms. The molecule has 5 aliphatic rings. The molecule has 5 aliphatic carbocycles. The van der Waals surface area contributed by atoms with Gasteiger partial charge in [0.1, 0.15) is 0 Å². The summed E-state index contributed by atoms with van der Waals surface area (Å²) >= 11 is 5.59. The highest BCUT2D eigenvalue weighted by atomic mass is 32.1. The van der Waals surface area contributed by atoms with Crippen molar-refractivity contribution in [2.24, 2.45) is 40.2 Å². The van der Waals surface area contributed by atoms with Crippen LogP contribution in [0.15, 0.2) is 13.2 Å². The summed E-state index contributed by atoms with van der Waals surface area (Å²) in [7, 11) is 0. The van der Waals surface area contributed by atoms with E-state index in [9.17, 15) is 0 Å². The molecule has 34 heavy (non-hydrogen) atoms. The standard InChI is InChI=1S/C24H43NS.3C2H6.C2H4/c1-5-6-18-8-10-19-20-9-7-17-15-23(25,16-17)13-11-21(2,3)24(20,26)14-12-22(18,19)4;4*1-2/h17-20,26H,5-16,25H2,1-4H3;3*1-2H3;1-2H2/t17?,18?,19?,20?,22?,23?,24-;;;;/m1..../s1. The maximum Gasteiger partial charge on any atom is 0.0212 e. The van der Waals surface area contributed by atoms with Gasteiger partial charge in [-0.05, 0) is 98.7 Å². The van der Waals surface area contributed by atoms with Gasteiger partial charge in [0.2, 0.25) is 0 Å². The Morgan fingerprint density at radius 1 is 0.765 bits per heavy atom. The fourth-order valence-corrected chi connectivity index (χ4v) is 8.70. The lowest BCUT2D eigenvalue weighted by Gasteiger charge is -2.61. The van der Waals surface area contributed by atoms with Crippen LogP contribution in [0.5, 0.6) is 0 Å². The van der Waals surface area contributed by atoms with E-state index >= 15 is 0 Å². The first kappa shape index (κ1) is 34.0. The molecule has 0 radical (unpaired) electrons. The molecule has 0 aromatic carbocycles. The quantitative estimate of drug-likeness (QED) is 0.289. The maximum absolute atomic E-state index is 6.70. The Bertz CT molecular complexity index is 551. The highest BCUT2D eigenvalue weighted by Crippen LogP contribution is 2.67. The Morgan fingerprint density at radius 2 is 1.29 bits per heavy atom. The summed E-state index contributed by atoms with van der Waals surface area (Å²) in [6.07, 6.45) is 16.3. The summed E-state index contributed by atoms with van der Waals surface area (Å²) in [5.74, 6) is 3.59. The first-order valence-corrected chi connectivity index (χ1v) is 15.6. The van der Waals surface area contributed by atoms with Gasteiger partial charge in [-0.2, -0.15) is 12.6 Å². The number of nitrogens with two attached hydrogens (primary N) is 1. The summed E-state index contributed by atoms with van der Waals surface area (Å²) in [4.78, 5) is 0. The van der Waals surface area contributed by atoms with Gasteiger partial charge in [-0.15, -0.1) is 13.2 Å². The van der Waals surface area contributed by atoms with Crippen molar-refractivity contribution < 1.29 is 0 Å². The Kier molecular flexibility index (Phi) is 14.7. The van der Waals surface area contributed by atoms with Crippen molar-refractivity contribution in [3.63, 3.8) is 0 Å². The SMILES string of the molecule is C=C.CC.CC.CC.CCCC1CCC2C3CCC4CC(N)(CCC(C)(C)[C@@]3(S)CCC12C)C4. The van der Waals surface area contributed by atoms with Crippen molar-refractivity contribution in [3.05, 3.63) is 13.2 Å². The van der Waals surface area contributed by atoms with E-state index in [1.807, 2.05) is 41.5 Å². The molecule has 0 aromatic heterocycles. The summed E-state index contributed by atoms with van der Waals surface area (Å²) < 4.78 is 0.207. The number of hydrogen-bond donors (Lipinski definition) is 2. The van der Waals surface area contributed by atoms with Gasteiger partial charge in [0, 0.05) is 10.3 Å². The molecule has 5 fully saturated rings. The van der Waals surface area contributed by atoms with Crippen molar-refractivity contribution >= 4 is 12.6 Å². The van der Waals surface area contributed by atoms with Crippen LogP contribution >= 0.6 is 12.6 Å². The van der Waals surface area contributed by atoms with Gasteiger partial charge < -0.3 is 5.73 Å². The summed E-state index contributed by atoms with van der Waals surface area (Å²) in [5, 5.41) is 0. The minimum atomic E-state index is 0.154. The zero-order valence-electron chi connectivity index (χ0n) is 25.2. The molecule has 5 atom stereocenters. The maximum atomic E-state index is 6.70. The molecule has 0 saturated heterocycles. The van der Waals surface area contributed by atoms with Gasteiger partial charge in [0.05, 0.1) is 0 Å². The smallest absolute Gasteiger partial charge is 0.0212 e. The first-order chi connectivity index (χ1) is 16.1. The van der Waals surface area contributed by atoms with Gasteiger partial charge in [-0.3, -0.25) is 0 Å². The lowest BCUT2D eigenvalue weighted by molar-refractivity contribution is -0.0373. The van der Waals surface area contributed by atoms with Crippen molar-refractivity contribution in [1.82, 2.24) is 0 Å². The lowest BCUT2D eigenvalue weighted by atomic mass is 9.49. The van der Waals surface area contributed by atoms with E-state index in [0.29, 0.717) is 10.8 Å². The van der Waals surface area contributed by atoms with E-state index in [0.717, 1.165) is 23.7 Å². The van der Waals surface area contributed by atoms with Crippen LogP contribution in [0.4, 0.5) is 0 Å². The monoisotopic (exact) mass is 495 g/mol. The Balaban J connectivity index is 0.00000124. The normalized spacial score (nSPS) is 41.4. The number of fused-ring (bicyclic) bond motifs is 4. The minimum absolute atomic E-state index is 0.154. The zero-order valence-corrected chi connectivity index (χ0v) is 26.1. The van der Waals surface area contributed by atoms with Gasteiger partial charge in [-0.25, -0.2) is 0 Å². The Hall–Kier alpha value is 0.0500. The Labute approximate surface area is 222 Å². The van der Waals surface area contributed by atoms with E-state index in [-0.39, 0.29) is 10.3 Å². The van der Waals surface area contributed by atoms with Crippen LogP contribution in [0, 0.1) is 34.5 Å². The largest absolute Gasteiger partial charge is 0.325 e. The lowest BCUT2D eigenvalue weighted by Crippen LogP contribution is -2.59. The van der Waals surface area contributed by atoms with E-state index in [2.05, 4.69) is 40.9 Å². The molecule has 4 unspecified atom stereocenters. The molecule has 2 bridgehead atoms.